The van der Waals surface area contributed by atoms with E-state index in [2.05, 4.69) is 49.9 Å². The Morgan fingerprint density at radius 1 is 1.21 bits per heavy atom. The summed E-state index contributed by atoms with van der Waals surface area (Å²) >= 11 is 0. The molecule has 0 heterocycles. The average Bonchev–Trinajstić information content (AvgIpc) is 3.28. The first-order valence-electron chi connectivity index (χ1n) is 7.70. The Morgan fingerprint density at radius 2 is 1.84 bits per heavy atom. The first-order valence-corrected chi connectivity index (χ1v) is 7.70. The first-order chi connectivity index (χ1) is 9.17. The Morgan fingerprint density at radius 3 is 2.32 bits per heavy atom. The van der Waals surface area contributed by atoms with Gasteiger partial charge in [0.15, 0.2) is 0 Å². The lowest BCUT2D eigenvalue weighted by Gasteiger charge is -2.32. The van der Waals surface area contributed by atoms with Crippen molar-refractivity contribution in [2.45, 2.75) is 64.6 Å². The summed E-state index contributed by atoms with van der Waals surface area (Å²) < 4.78 is 0. The zero-order valence-corrected chi connectivity index (χ0v) is 12.5. The summed E-state index contributed by atoms with van der Waals surface area (Å²) in [5, 5.41) is 10.6. The maximum absolute atomic E-state index is 10.6. The van der Waals surface area contributed by atoms with Gasteiger partial charge in [-0.15, -0.1) is 0 Å². The lowest BCUT2D eigenvalue weighted by molar-refractivity contribution is 0.0528. The van der Waals surface area contributed by atoms with Crippen LogP contribution in [0, 0.1) is 0 Å². The maximum atomic E-state index is 10.6. The van der Waals surface area contributed by atoms with E-state index in [-0.39, 0.29) is 12.1 Å². The van der Waals surface area contributed by atoms with Crippen molar-refractivity contribution in [1.29, 1.82) is 0 Å². The van der Waals surface area contributed by atoms with Gasteiger partial charge in [0.2, 0.25) is 0 Å². The minimum atomic E-state index is -0.377. The van der Waals surface area contributed by atoms with E-state index in [1.54, 1.807) is 0 Å². The molecule has 0 aromatic heterocycles. The van der Waals surface area contributed by atoms with E-state index >= 15 is 0 Å². The average molecular weight is 261 g/mol. The Kier molecular flexibility index (Phi) is 5.00. The van der Waals surface area contributed by atoms with Gasteiger partial charge in [0.1, 0.15) is 0 Å². The molecule has 2 atom stereocenters. The van der Waals surface area contributed by atoms with Gasteiger partial charge in [-0.1, -0.05) is 38.1 Å². The monoisotopic (exact) mass is 261 g/mol. The minimum Gasteiger partial charge on any atom is -0.387 e. The van der Waals surface area contributed by atoms with Crippen molar-refractivity contribution in [2.24, 2.45) is 0 Å². The molecule has 1 saturated carbocycles. The molecule has 19 heavy (non-hydrogen) atoms. The smallest absolute Gasteiger partial charge is 0.0942 e. The number of rotatable bonds is 7. The van der Waals surface area contributed by atoms with Gasteiger partial charge in [-0.05, 0) is 50.3 Å². The Bertz CT molecular complexity index is 383. The van der Waals surface area contributed by atoms with E-state index in [0.29, 0.717) is 6.04 Å². The molecule has 0 aliphatic heterocycles. The summed E-state index contributed by atoms with van der Waals surface area (Å²) in [7, 11) is 0. The van der Waals surface area contributed by atoms with E-state index in [9.17, 15) is 5.11 Å². The summed E-state index contributed by atoms with van der Waals surface area (Å²) in [4.78, 5) is 2.48. The molecule has 1 N–H and O–H groups in total. The molecule has 1 fully saturated rings. The highest BCUT2D eigenvalue weighted by atomic mass is 16.3. The third-order valence-electron chi connectivity index (χ3n) is 4.21. The predicted octanol–water partition coefficient (Wildman–Crippen LogP) is 3.55. The largest absolute Gasteiger partial charge is 0.387 e. The normalized spacial score (nSPS) is 18.6. The van der Waals surface area contributed by atoms with Gasteiger partial charge in [-0.2, -0.15) is 0 Å². The van der Waals surface area contributed by atoms with Crippen LogP contribution < -0.4 is 0 Å². The minimum absolute atomic E-state index is 0.208. The molecule has 0 radical (unpaired) electrons. The van der Waals surface area contributed by atoms with Crippen molar-refractivity contribution in [3.8, 4) is 0 Å². The van der Waals surface area contributed by atoms with Gasteiger partial charge in [0.05, 0.1) is 6.10 Å². The molecular weight excluding hydrogens is 234 g/mol. The van der Waals surface area contributed by atoms with Gasteiger partial charge in [0, 0.05) is 12.1 Å². The topological polar surface area (TPSA) is 23.5 Å². The molecule has 106 valence electrons. The first kappa shape index (κ1) is 14.5. The highest BCUT2D eigenvalue weighted by Crippen LogP contribution is 2.32. The van der Waals surface area contributed by atoms with Crippen LogP contribution in [0.25, 0.3) is 0 Å². The van der Waals surface area contributed by atoms with Crippen molar-refractivity contribution in [3.05, 3.63) is 35.4 Å². The van der Waals surface area contributed by atoms with Crippen LogP contribution in [0.4, 0.5) is 0 Å². The molecule has 2 heteroatoms. The third-order valence-corrected chi connectivity index (χ3v) is 4.21. The number of benzene rings is 1. The van der Waals surface area contributed by atoms with E-state index < -0.39 is 0 Å². The van der Waals surface area contributed by atoms with Gasteiger partial charge in [0.25, 0.3) is 0 Å². The van der Waals surface area contributed by atoms with Gasteiger partial charge >= 0.3 is 0 Å². The van der Waals surface area contributed by atoms with Crippen molar-refractivity contribution >= 4 is 0 Å². The third kappa shape index (κ3) is 3.58. The van der Waals surface area contributed by atoms with Crippen LogP contribution in [-0.2, 0) is 6.42 Å². The molecule has 1 aromatic rings. The quantitative estimate of drug-likeness (QED) is 0.811. The summed E-state index contributed by atoms with van der Waals surface area (Å²) in [6, 6.07) is 9.34. The van der Waals surface area contributed by atoms with Crippen LogP contribution in [0.3, 0.4) is 0 Å². The highest BCUT2D eigenvalue weighted by Gasteiger charge is 2.34. The van der Waals surface area contributed by atoms with Crippen LogP contribution in [0.5, 0.6) is 0 Å². The summed E-state index contributed by atoms with van der Waals surface area (Å²) in [5.74, 6) is 0. The second-order valence-corrected chi connectivity index (χ2v) is 5.75. The van der Waals surface area contributed by atoms with Crippen molar-refractivity contribution in [2.75, 3.05) is 6.54 Å². The SMILES string of the molecule is CCCN(C1CC1)C(C)C(O)c1ccc(CC)cc1. The summed E-state index contributed by atoms with van der Waals surface area (Å²) in [6.07, 6.45) is 4.42. The van der Waals surface area contributed by atoms with Crippen LogP contribution in [0.1, 0.15) is 57.3 Å². The van der Waals surface area contributed by atoms with E-state index in [4.69, 9.17) is 0 Å². The predicted molar refractivity (Wildman–Crippen MR) is 80.3 cm³/mol. The van der Waals surface area contributed by atoms with Crippen molar-refractivity contribution in [3.63, 3.8) is 0 Å². The van der Waals surface area contributed by atoms with Crippen LogP contribution in [0.2, 0.25) is 0 Å². The van der Waals surface area contributed by atoms with Crippen LogP contribution in [-0.4, -0.2) is 28.6 Å². The second kappa shape index (κ2) is 6.53. The number of aryl methyl sites for hydroxylation is 1. The molecule has 2 rings (SSSR count). The molecule has 0 amide bonds. The zero-order chi connectivity index (χ0) is 13.8. The molecule has 0 spiro atoms. The molecular formula is C17H27NO. The molecule has 0 saturated heterocycles. The van der Waals surface area contributed by atoms with E-state index in [0.717, 1.165) is 24.9 Å². The number of aliphatic hydroxyl groups is 1. The number of hydrogen-bond donors (Lipinski definition) is 1. The number of nitrogens with zero attached hydrogens (tertiary/aromatic N) is 1. The van der Waals surface area contributed by atoms with Gasteiger partial charge < -0.3 is 5.11 Å². The van der Waals surface area contributed by atoms with Gasteiger partial charge in [-0.25, -0.2) is 0 Å². The molecule has 2 nitrogen and oxygen atoms in total. The standard InChI is InChI=1S/C17H27NO/c1-4-12-18(16-10-11-16)13(3)17(19)15-8-6-14(5-2)7-9-15/h6-9,13,16-17,19H,4-5,10-12H2,1-3H3. The highest BCUT2D eigenvalue weighted by molar-refractivity contribution is 5.25. The molecule has 1 aromatic carbocycles. The van der Waals surface area contributed by atoms with E-state index in [1.165, 1.54) is 18.4 Å². The number of aliphatic hydroxyl groups excluding tert-OH is 1. The fourth-order valence-electron chi connectivity index (χ4n) is 2.79. The van der Waals surface area contributed by atoms with Crippen molar-refractivity contribution in [1.82, 2.24) is 4.90 Å². The zero-order valence-electron chi connectivity index (χ0n) is 12.5. The fraction of sp³-hybridized carbons (Fsp3) is 0.647. The van der Waals surface area contributed by atoms with E-state index in [1.807, 2.05) is 0 Å². The molecule has 1 aliphatic rings. The maximum Gasteiger partial charge on any atom is 0.0942 e. The Hall–Kier alpha value is -0.860. The van der Waals surface area contributed by atoms with Crippen molar-refractivity contribution < 1.29 is 5.11 Å². The second-order valence-electron chi connectivity index (χ2n) is 5.75. The van der Waals surface area contributed by atoms with Crippen LogP contribution >= 0.6 is 0 Å². The molecule has 0 bridgehead atoms. The van der Waals surface area contributed by atoms with Crippen LogP contribution in [0.15, 0.2) is 24.3 Å². The Balaban J connectivity index is 2.05. The lowest BCUT2D eigenvalue weighted by atomic mass is 10.00. The molecule has 1 aliphatic carbocycles. The Labute approximate surface area is 117 Å². The summed E-state index contributed by atoms with van der Waals surface area (Å²) in [5.41, 5.74) is 2.38. The molecule has 2 unspecified atom stereocenters. The fourth-order valence-corrected chi connectivity index (χ4v) is 2.79. The van der Waals surface area contributed by atoms with Gasteiger partial charge in [-0.3, -0.25) is 4.90 Å². The summed E-state index contributed by atoms with van der Waals surface area (Å²) in [6.45, 7) is 7.62. The lowest BCUT2D eigenvalue weighted by Crippen LogP contribution is -2.39. The number of hydrogen-bond acceptors (Lipinski definition) is 2.